The first-order valence-electron chi connectivity index (χ1n) is 5.19. The number of rotatable bonds is 4. The van der Waals surface area contributed by atoms with Crippen molar-refractivity contribution in [3.63, 3.8) is 0 Å². The van der Waals surface area contributed by atoms with Crippen molar-refractivity contribution in [3.8, 4) is 0 Å². The molecule has 1 aromatic heterocycles. The number of nitrogens with zero attached hydrogens (tertiary/aromatic N) is 1. The van der Waals surface area contributed by atoms with Crippen LogP contribution in [0.15, 0.2) is 22.9 Å². The largest absolute Gasteiger partial charge is 0.373 e. The minimum atomic E-state index is 0.400. The summed E-state index contributed by atoms with van der Waals surface area (Å²) in [5, 5.41) is 0. The van der Waals surface area contributed by atoms with E-state index in [1.54, 1.807) is 6.20 Å². The number of pyridine rings is 1. The molecule has 0 radical (unpaired) electrons. The molecule has 1 heterocycles. The van der Waals surface area contributed by atoms with Gasteiger partial charge in [-0.05, 0) is 52.9 Å². The second-order valence-corrected chi connectivity index (χ2v) is 4.93. The minimum Gasteiger partial charge on any atom is -0.373 e. The lowest BCUT2D eigenvalue weighted by atomic mass is 9.82. The van der Waals surface area contributed by atoms with Crippen molar-refractivity contribution >= 4 is 15.9 Å². The predicted molar refractivity (Wildman–Crippen MR) is 62.3 cm³/mol. The molecule has 0 unspecified atom stereocenters. The molecule has 4 heteroatoms. The van der Waals surface area contributed by atoms with Gasteiger partial charge < -0.3 is 10.5 Å². The summed E-state index contributed by atoms with van der Waals surface area (Å²) in [7, 11) is 0. The van der Waals surface area contributed by atoms with Gasteiger partial charge in [0, 0.05) is 16.9 Å². The van der Waals surface area contributed by atoms with Crippen LogP contribution in [0.4, 0.5) is 0 Å². The number of hydrogen-bond acceptors (Lipinski definition) is 3. The van der Waals surface area contributed by atoms with E-state index in [0.29, 0.717) is 18.6 Å². The molecular weight excluding hydrogens is 256 g/mol. The maximum Gasteiger partial charge on any atom is 0.0735 e. The molecule has 2 N–H and O–H groups in total. The lowest BCUT2D eigenvalue weighted by Crippen LogP contribution is -2.35. The summed E-state index contributed by atoms with van der Waals surface area (Å²) in [4.78, 5) is 4.09. The monoisotopic (exact) mass is 270 g/mol. The van der Waals surface area contributed by atoms with Gasteiger partial charge in [-0.2, -0.15) is 0 Å². The van der Waals surface area contributed by atoms with Crippen molar-refractivity contribution in [1.82, 2.24) is 4.98 Å². The van der Waals surface area contributed by atoms with Crippen molar-refractivity contribution in [3.05, 3.63) is 28.5 Å². The molecule has 82 valence electrons. The zero-order valence-corrected chi connectivity index (χ0v) is 10.1. The van der Waals surface area contributed by atoms with Gasteiger partial charge in [-0.25, -0.2) is 0 Å². The maximum absolute atomic E-state index is 5.73. The van der Waals surface area contributed by atoms with Gasteiger partial charge in [0.15, 0.2) is 0 Å². The van der Waals surface area contributed by atoms with Crippen LogP contribution in [0.2, 0.25) is 0 Å². The topological polar surface area (TPSA) is 48.1 Å². The van der Waals surface area contributed by atoms with Crippen molar-refractivity contribution in [2.45, 2.75) is 25.6 Å². The Balaban J connectivity index is 1.75. The molecule has 0 spiro atoms. The first kappa shape index (κ1) is 11.0. The normalized spacial score (nSPS) is 24.9. The average Bonchev–Trinajstić information content (AvgIpc) is 2.16. The predicted octanol–water partition coefficient (Wildman–Crippen LogP) is 2.10. The molecule has 15 heavy (non-hydrogen) atoms. The molecule has 3 nitrogen and oxygen atoms in total. The van der Waals surface area contributed by atoms with Crippen molar-refractivity contribution in [2.24, 2.45) is 11.7 Å². The average molecular weight is 271 g/mol. The Kier molecular flexibility index (Phi) is 3.72. The van der Waals surface area contributed by atoms with E-state index in [0.717, 1.165) is 29.4 Å². The number of nitrogens with two attached hydrogens (primary N) is 1. The van der Waals surface area contributed by atoms with Crippen LogP contribution in [0.5, 0.6) is 0 Å². The number of ether oxygens (including phenoxy) is 1. The van der Waals surface area contributed by atoms with E-state index in [1.807, 2.05) is 12.3 Å². The van der Waals surface area contributed by atoms with Crippen LogP contribution in [0.3, 0.4) is 0 Å². The summed E-state index contributed by atoms with van der Waals surface area (Å²) in [5.74, 6) is 0.677. The van der Waals surface area contributed by atoms with E-state index in [9.17, 15) is 0 Å². The Morgan fingerprint density at radius 3 is 2.93 bits per heavy atom. The van der Waals surface area contributed by atoms with Crippen LogP contribution in [-0.4, -0.2) is 17.6 Å². The quantitative estimate of drug-likeness (QED) is 0.912. The zero-order chi connectivity index (χ0) is 10.7. The molecule has 1 saturated carbocycles. The van der Waals surface area contributed by atoms with Crippen molar-refractivity contribution in [2.75, 3.05) is 6.54 Å². The molecule has 1 fully saturated rings. The summed E-state index contributed by atoms with van der Waals surface area (Å²) >= 11 is 3.39. The summed E-state index contributed by atoms with van der Waals surface area (Å²) in [6, 6.07) is 2.03. The van der Waals surface area contributed by atoms with Crippen LogP contribution in [0.25, 0.3) is 0 Å². The lowest BCUT2D eigenvalue weighted by molar-refractivity contribution is -0.0376. The van der Waals surface area contributed by atoms with E-state index in [2.05, 4.69) is 20.9 Å². The third-order valence-electron chi connectivity index (χ3n) is 2.77. The van der Waals surface area contributed by atoms with E-state index >= 15 is 0 Å². The second-order valence-electron chi connectivity index (χ2n) is 4.02. The SMILES string of the molecule is NCC1CC(OCc2cncc(Br)c2)C1. The van der Waals surface area contributed by atoms with Crippen LogP contribution in [-0.2, 0) is 11.3 Å². The van der Waals surface area contributed by atoms with E-state index < -0.39 is 0 Å². The van der Waals surface area contributed by atoms with Gasteiger partial charge in [0.25, 0.3) is 0 Å². The Morgan fingerprint density at radius 1 is 1.47 bits per heavy atom. The minimum absolute atomic E-state index is 0.400. The Morgan fingerprint density at radius 2 is 2.27 bits per heavy atom. The molecule has 1 aliphatic carbocycles. The van der Waals surface area contributed by atoms with Gasteiger partial charge in [0.1, 0.15) is 0 Å². The highest BCUT2D eigenvalue weighted by Gasteiger charge is 2.28. The molecule has 0 atom stereocenters. The molecule has 0 bridgehead atoms. The maximum atomic E-state index is 5.73. The standard InChI is InChI=1S/C11H15BrN2O/c12-10-1-9(5-14-6-10)7-15-11-2-8(3-11)4-13/h1,5-6,8,11H,2-4,7,13H2. The molecule has 2 rings (SSSR count). The van der Waals surface area contributed by atoms with Crippen LogP contribution in [0.1, 0.15) is 18.4 Å². The van der Waals surface area contributed by atoms with Gasteiger partial charge in [0.2, 0.25) is 0 Å². The fraction of sp³-hybridized carbons (Fsp3) is 0.545. The molecule has 1 aliphatic rings. The molecular formula is C11H15BrN2O. The summed E-state index contributed by atoms with van der Waals surface area (Å²) in [6.45, 7) is 1.44. The van der Waals surface area contributed by atoms with E-state index in [1.165, 1.54) is 0 Å². The highest BCUT2D eigenvalue weighted by molar-refractivity contribution is 9.10. The number of halogens is 1. The van der Waals surface area contributed by atoms with Crippen LogP contribution < -0.4 is 5.73 Å². The molecule has 0 amide bonds. The number of hydrogen-bond donors (Lipinski definition) is 1. The summed E-state index contributed by atoms with van der Waals surface area (Å²) in [6.07, 6.45) is 6.23. The first-order valence-corrected chi connectivity index (χ1v) is 5.98. The fourth-order valence-corrected chi connectivity index (χ4v) is 2.16. The van der Waals surface area contributed by atoms with Crippen LogP contribution >= 0.6 is 15.9 Å². The first-order chi connectivity index (χ1) is 7.28. The Labute approximate surface area is 98.2 Å². The molecule has 1 aromatic rings. The fourth-order valence-electron chi connectivity index (χ4n) is 1.75. The summed E-state index contributed by atoms with van der Waals surface area (Å²) in [5.41, 5.74) is 6.66. The van der Waals surface area contributed by atoms with Crippen molar-refractivity contribution in [1.29, 1.82) is 0 Å². The third kappa shape index (κ3) is 3.00. The highest BCUT2D eigenvalue weighted by atomic mass is 79.9. The van der Waals surface area contributed by atoms with Gasteiger partial charge in [-0.15, -0.1) is 0 Å². The van der Waals surface area contributed by atoms with E-state index in [4.69, 9.17) is 10.5 Å². The van der Waals surface area contributed by atoms with Gasteiger partial charge in [0.05, 0.1) is 12.7 Å². The molecule has 0 aromatic carbocycles. The molecule has 0 aliphatic heterocycles. The van der Waals surface area contributed by atoms with Gasteiger partial charge >= 0.3 is 0 Å². The zero-order valence-electron chi connectivity index (χ0n) is 8.53. The highest BCUT2D eigenvalue weighted by Crippen LogP contribution is 2.29. The Bertz CT molecular complexity index is 326. The van der Waals surface area contributed by atoms with Gasteiger partial charge in [-0.3, -0.25) is 4.98 Å². The summed E-state index contributed by atoms with van der Waals surface area (Å²) < 4.78 is 6.73. The van der Waals surface area contributed by atoms with Crippen molar-refractivity contribution < 1.29 is 4.74 Å². The van der Waals surface area contributed by atoms with Gasteiger partial charge in [-0.1, -0.05) is 0 Å². The Hall–Kier alpha value is -0.450. The second kappa shape index (κ2) is 5.05. The lowest BCUT2D eigenvalue weighted by Gasteiger charge is -2.34. The molecule has 0 saturated heterocycles. The van der Waals surface area contributed by atoms with Crippen LogP contribution in [0, 0.1) is 5.92 Å². The smallest absolute Gasteiger partial charge is 0.0735 e. The van der Waals surface area contributed by atoms with E-state index in [-0.39, 0.29) is 0 Å². The third-order valence-corrected chi connectivity index (χ3v) is 3.21. The number of aromatic nitrogens is 1.